The van der Waals surface area contributed by atoms with Crippen LogP contribution in [-0.2, 0) is 0 Å². The number of hydrogen-bond acceptors (Lipinski definition) is 2. The molecule has 0 unspecified atom stereocenters. The van der Waals surface area contributed by atoms with Crippen molar-refractivity contribution in [3.05, 3.63) is 65.7 Å². The van der Waals surface area contributed by atoms with Gasteiger partial charge in [-0.1, -0.05) is 18.2 Å². The summed E-state index contributed by atoms with van der Waals surface area (Å²) in [5, 5.41) is 0. The molecule has 18 heavy (non-hydrogen) atoms. The van der Waals surface area contributed by atoms with Gasteiger partial charge in [-0.05, 0) is 42.0 Å². The average molecular weight is 239 g/mol. The standard InChI is InChI=1S/C15H13NO2/c1-18-14-9-7-12(8-10-14)11-16-15(17)13-5-3-2-4-6-13/h2-11H,1H3/b16-11+. The van der Waals surface area contributed by atoms with Crippen LogP contribution in [-0.4, -0.2) is 19.2 Å². The minimum Gasteiger partial charge on any atom is -0.497 e. The zero-order chi connectivity index (χ0) is 12.8. The number of carbonyl (C=O) groups is 1. The van der Waals surface area contributed by atoms with E-state index in [1.165, 1.54) is 0 Å². The molecule has 0 bridgehead atoms. The van der Waals surface area contributed by atoms with E-state index in [1.54, 1.807) is 25.5 Å². The fourth-order valence-corrected chi connectivity index (χ4v) is 1.48. The zero-order valence-corrected chi connectivity index (χ0v) is 10.0. The van der Waals surface area contributed by atoms with Gasteiger partial charge in [0.2, 0.25) is 0 Å². The monoisotopic (exact) mass is 239 g/mol. The molecule has 0 atom stereocenters. The van der Waals surface area contributed by atoms with E-state index in [9.17, 15) is 4.79 Å². The summed E-state index contributed by atoms with van der Waals surface area (Å²) < 4.78 is 5.05. The van der Waals surface area contributed by atoms with Crippen molar-refractivity contribution in [1.82, 2.24) is 0 Å². The van der Waals surface area contributed by atoms with E-state index in [4.69, 9.17) is 4.74 Å². The molecule has 0 heterocycles. The molecule has 1 amide bonds. The highest BCUT2D eigenvalue weighted by atomic mass is 16.5. The zero-order valence-electron chi connectivity index (χ0n) is 10.0. The van der Waals surface area contributed by atoms with Crippen LogP contribution >= 0.6 is 0 Å². The molecule has 2 rings (SSSR count). The lowest BCUT2D eigenvalue weighted by atomic mass is 10.2. The van der Waals surface area contributed by atoms with Gasteiger partial charge in [0.15, 0.2) is 0 Å². The highest BCUT2D eigenvalue weighted by Crippen LogP contribution is 2.10. The highest BCUT2D eigenvalue weighted by Gasteiger charge is 2.00. The predicted octanol–water partition coefficient (Wildman–Crippen LogP) is 2.95. The molecule has 0 N–H and O–H groups in total. The van der Waals surface area contributed by atoms with Gasteiger partial charge >= 0.3 is 0 Å². The lowest BCUT2D eigenvalue weighted by Crippen LogP contribution is -1.95. The summed E-state index contributed by atoms with van der Waals surface area (Å²) in [7, 11) is 1.61. The Bertz CT molecular complexity index is 544. The fourth-order valence-electron chi connectivity index (χ4n) is 1.48. The maximum atomic E-state index is 11.7. The summed E-state index contributed by atoms with van der Waals surface area (Å²) in [6, 6.07) is 16.3. The topological polar surface area (TPSA) is 38.7 Å². The number of rotatable bonds is 3. The van der Waals surface area contributed by atoms with Crippen molar-refractivity contribution < 1.29 is 9.53 Å². The number of methoxy groups -OCH3 is 1. The molecule has 0 aliphatic carbocycles. The molecule has 0 spiro atoms. The van der Waals surface area contributed by atoms with Gasteiger partial charge in [-0.2, -0.15) is 0 Å². The van der Waals surface area contributed by atoms with Gasteiger partial charge in [0.1, 0.15) is 5.75 Å². The summed E-state index contributed by atoms with van der Waals surface area (Å²) in [5.41, 5.74) is 1.45. The summed E-state index contributed by atoms with van der Waals surface area (Å²) in [6.07, 6.45) is 1.55. The minimum absolute atomic E-state index is 0.244. The van der Waals surface area contributed by atoms with Gasteiger partial charge in [0.05, 0.1) is 7.11 Å². The van der Waals surface area contributed by atoms with Crippen molar-refractivity contribution in [2.45, 2.75) is 0 Å². The van der Waals surface area contributed by atoms with Crippen LogP contribution in [0.4, 0.5) is 0 Å². The first kappa shape index (κ1) is 12.0. The maximum absolute atomic E-state index is 11.7. The van der Waals surface area contributed by atoms with Gasteiger partial charge < -0.3 is 4.74 Å². The smallest absolute Gasteiger partial charge is 0.276 e. The molecule has 0 aromatic heterocycles. The van der Waals surface area contributed by atoms with Crippen molar-refractivity contribution in [1.29, 1.82) is 0 Å². The maximum Gasteiger partial charge on any atom is 0.276 e. The van der Waals surface area contributed by atoms with Gasteiger partial charge in [0, 0.05) is 11.8 Å². The first-order chi connectivity index (χ1) is 8.79. The highest BCUT2D eigenvalue weighted by molar-refractivity contribution is 6.01. The molecule has 0 aliphatic rings. The van der Waals surface area contributed by atoms with E-state index in [-0.39, 0.29) is 5.91 Å². The second-order valence-electron chi connectivity index (χ2n) is 3.70. The van der Waals surface area contributed by atoms with E-state index in [2.05, 4.69) is 4.99 Å². The summed E-state index contributed by atoms with van der Waals surface area (Å²) >= 11 is 0. The Morgan fingerprint density at radius 1 is 1.06 bits per heavy atom. The molecule has 0 saturated carbocycles. The molecule has 0 aliphatic heterocycles. The molecular formula is C15H13NO2. The van der Waals surface area contributed by atoms with Crippen LogP contribution in [0, 0.1) is 0 Å². The van der Waals surface area contributed by atoms with Crippen LogP contribution < -0.4 is 4.74 Å². The third-order valence-electron chi connectivity index (χ3n) is 2.47. The quantitative estimate of drug-likeness (QED) is 0.772. The first-order valence-electron chi connectivity index (χ1n) is 5.57. The van der Waals surface area contributed by atoms with Crippen LogP contribution in [0.2, 0.25) is 0 Å². The van der Waals surface area contributed by atoms with E-state index in [1.807, 2.05) is 42.5 Å². The number of benzene rings is 2. The van der Waals surface area contributed by atoms with Crippen molar-refractivity contribution in [2.75, 3.05) is 7.11 Å². The van der Waals surface area contributed by atoms with E-state index >= 15 is 0 Å². The Kier molecular flexibility index (Phi) is 3.86. The average Bonchev–Trinajstić information content (AvgIpc) is 2.46. The van der Waals surface area contributed by atoms with Gasteiger partial charge in [-0.15, -0.1) is 0 Å². The number of hydrogen-bond donors (Lipinski definition) is 0. The van der Waals surface area contributed by atoms with Crippen molar-refractivity contribution in [2.24, 2.45) is 4.99 Å². The minimum atomic E-state index is -0.244. The summed E-state index contributed by atoms with van der Waals surface area (Å²) in [5.74, 6) is 0.535. The van der Waals surface area contributed by atoms with Crippen molar-refractivity contribution >= 4 is 12.1 Å². The molecule has 0 saturated heterocycles. The van der Waals surface area contributed by atoms with Crippen molar-refractivity contribution in [3.8, 4) is 5.75 Å². The Morgan fingerprint density at radius 2 is 1.72 bits per heavy atom. The molecule has 2 aromatic carbocycles. The fraction of sp³-hybridized carbons (Fsp3) is 0.0667. The summed E-state index contributed by atoms with van der Waals surface area (Å²) in [6.45, 7) is 0. The molecule has 0 fully saturated rings. The van der Waals surface area contributed by atoms with Crippen molar-refractivity contribution in [3.63, 3.8) is 0 Å². The molecule has 3 nitrogen and oxygen atoms in total. The SMILES string of the molecule is COc1ccc(/C=N/C(=O)c2ccccc2)cc1. The van der Waals surface area contributed by atoms with Crippen LogP contribution in [0.25, 0.3) is 0 Å². The van der Waals surface area contributed by atoms with Crippen LogP contribution in [0.15, 0.2) is 59.6 Å². The molecule has 0 radical (unpaired) electrons. The Labute approximate surface area is 106 Å². The van der Waals surface area contributed by atoms with E-state index < -0.39 is 0 Å². The number of carbonyl (C=O) groups excluding carboxylic acids is 1. The molecule has 3 heteroatoms. The van der Waals surface area contributed by atoms with Crippen LogP contribution in [0.1, 0.15) is 15.9 Å². The molecule has 2 aromatic rings. The second-order valence-corrected chi connectivity index (χ2v) is 3.70. The normalized spacial score (nSPS) is 10.5. The lowest BCUT2D eigenvalue weighted by molar-refractivity contribution is 0.100. The third kappa shape index (κ3) is 3.04. The number of amides is 1. The van der Waals surface area contributed by atoms with Crippen LogP contribution in [0.3, 0.4) is 0 Å². The lowest BCUT2D eigenvalue weighted by Gasteiger charge is -1.98. The molecule has 90 valence electrons. The van der Waals surface area contributed by atoms with E-state index in [0.29, 0.717) is 5.56 Å². The van der Waals surface area contributed by atoms with Gasteiger partial charge in [-0.25, -0.2) is 4.99 Å². The Balaban J connectivity index is 2.08. The number of aliphatic imine (C=N–C) groups is 1. The van der Waals surface area contributed by atoms with Crippen LogP contribution in [0.5, 0.6) is 5.75 Å². The van der Waals surface area contributed by atoms with Gasteiger partial charge in [0.25, 0.3) is 5.91 Å². The van der Waals surface area contributed by atoms with Gasteiger partial charge in [-0.3, -0.25) is 4.79 Å². The largest absolute Gasteiger partial charge is 0.497 e. The second kappa shape index (κ2) is 5.77. The Hall–Kier alpha value is -2.42. The number of ether oxygens (including phenoxy) is 1. The predicted molar refractivity (Wildman–Crippen MR) is 71.4 cm³/mol. The summed E-state index contributed by atoms with van der Waals surface area (Å²) in [4.78, 5) is 15.6. The first-order valence-corrected chi connectivity index (χ1v) is 5.57. The third-order valence-corrected chi connectivity index (χ3v) is 2.47. The molecular weight excluding hydrogens is 226 g/mol. The van der Waals surface area contributed by atoms with E-state index in [0.717, 1.165) is 11.3 Å². The number of nitrogens with zero attached hydrogens (tertiary/aromatic N) is 1. The Morgan fingerprint density at radius 3 is 2.33 bits per heavy atom.